The van der Waals surface area contributed by atoms with Crippen LogP contribution in [0.4, 0.5) is 0 Å². The first-order valence-electron chi connectivity index (χ1n) is 6.42. The Hall–Kier alpha value is 0.1000. The first kappa shape index (κ1) is 13.5. The molecule has 1 aliphatic rings. The molecule has 2 rings (SSSR count). The maximum atomic E-state index is 6.35. The van der Waals surface area contributed by atoms with E-state index in [-0.39, 0.29) is 6.04 Å². The van der Waals surface area contributed by atoms with E-state index in [4.69, 9.17) is 5.73 Å². The van der Waals surface area contributed by atoms with Gasteiger partial charge in [-0.3, -0.25) is 4.90 Å². The lowest BCUT2D eigenvalue weighted by Gasteiger charge is -2.34. The van der Waals surface area contributed by atoms with Crippen LogP contribution in [0.3, 0.4) is 0 Å². The summed E-state index contributed by atoms with van der Waals surface area (Å²) in [6.45, 7) is 5.52. The zero-order chi connectivity index (χ0) is 12.4. The number of likely N-dealkylation sites (N-methyl/N-ethyl adjacent to an activating group) is 1. The molecule has 1 aromatic rings. The number of rotatable bonds is 6. The second-order valence-corrected chi connectivity index (χ2v) is 6.60. The normalized spacial score (nSPS) is 19.6. The third kappa shape index (κ3) is 3.11. The van der Waals surface area contributed by atoms with E-state index in [9.17, 15) is 0 Å². The Balaban J connectivity index is 2.23. The number of nitrogens with two attached hydrogens (primary N) is 1. The van der Waals surface area contributed by atoms with Crippen LogP contribution in [0.25, 0.3) is 0 Å². The number of thiophene rings is 1. The van der Waals surface area contributed by atoms with E-state index in [2.05, 4.69) is 46.1 Å². The molecule has 96 valence electrons. The van der Waals surface area contributed by atoms with Crippen molar-refractivity contribution in [2.24, 2.45) is 5.73 Å². The van der Waals surface area contributed by atoms with Crippen LogP contribution in [0.1, 0.15) is 44.0 Å². The first-order chi connectivity index (χ1) is 8.17. The van der Waals surface area contributed by atoms with Crippen molar-refractivity contribution in [3.63, 3.8) is 0 Å². The smallest absolute Gasteiger partial charge is 0.0596 e. The minimum Gasteiger partial charge on any atom is -0.326 e. The van der Waals surface area contributed by atoms with Crippen LogP contribution in [-0.4, -0.2) is 23.5 Å². The van der Waals surface area contributed by atoms with E-state index in [1.807, 2.05) is 11.3 Å². The molecule has 1 aromatic heterocycles. The predicted molar refractivity (Wildman–Crippen MR) is 78.4 cm³/mol. The van der Waals surface area contributed by atoms with Gasteiger partial charge in [-0.05, 0) is 47.8 Å². The van der Waals surface area contributed by atoms with Crippen LogP contribution in [0, 0.1) is 0 Å². The average Bonchev–Trinajstić information content (AvgIpc) is 3.08. The molecule has 1 saturated carbocycles. The molecule has 1 aliphatic carbocycles. The van der Waals surface area contributed by atoms with Crippen molar-refractivity contribution in [2.45, 2.75) is 51.2 Å². The molecule has 1 heterocycles. The molecular weight excluding hydrogens is 296 g/mol. The average molecular weight is 317 g/mol. The maximum Gasteiger partial charge on any atom is 0.0596 e. The monoisotopic (exact) mass is 316 g/mol. The molecule has 2 nitrogen and oxygen atoms in total. The highest BCUT2D eigenvalue weighted by molar-refractivity contribution is 9.10. The number of halogens is 1. The summed E-state index contributed by atoms with van der Waals surface area (Å²) in [6, 6.07) is 3.63. The third-order valence-electron chi connectivity index (χ3n) is 3.49. The third-order valence-corrected chi connectivity index (χ3v) is 5.26. The van der Waals surface area contributed by atoms with Gasteiger partial charge in [0.25, 0.3) is 0 Å². The molecule has 0 aromatic carbocycles. The predicted octanol–water partition coefficient (Wildman–Crippen LogP) is 3.77. The topological polar surface area (TPSA) is 29.3 Å². The summed E-state index contributed by atoms with van der Waals surface area (Å²) < 4.78 is 1.18. The standard InChI is InChI=1S/C13H21BrN2S/c1-3-11(15)13(12-7-9(14)8-17-12)16(4-2)10-5-6-10/h7-8,10-11,13H,3-6,15H2,1-2H3. The quantitative estimate of drug-likeness (QED) is 0.865. The molecule has 0 spiro atoms. The number of hydrogen-bond acceptors (Lipinski definition) is 3. The van der Waals surface area contributed by atoms with Gasteiger partial charge in [0.15, 0.2) is 0 Å². The molecule has 2 N–H and O–H groups in total. The largest absolute Gasteiger partial charge is 0.326 e. The lowest BCUT2D eigenvalue weighted by Crippen LogP contribution is -2.41. The fourth-order valence-electron chi connectivity index (χ4n) is 2.42. The van der Waals surface area contributed by atoms with Crippen LogP contribution < -0.4 is 5.73 Å². The van der Waals surface area contributed by atoms with Gasteiger partial charge in [-0.2, -0.15) is 0 Å². The van der Waals surface area contributed by atoms with Crippen LogP contribution in [0.15, 0.2) is 15.9 Å². The lowest BCUT2D eigenvalue weighted by atomic mass is 10.0. The zero-order valence-corrected chi connectivity index (χ0v) is 12.9. The van der Waals surface area contributed by atoms with E-state index in [1.54, 1.807) is 0 Å². The lowest BCUT2D eigenvalue weighted by molar-refractivity contribution is 0.171. The van der Waals surface area contributed by atoms with Gasteiger partial charge < -0.3 is 5.73 Å². The fourth-order valence-corrected chi connectivity index (χ4v) is 4.06. The molecule has 2 atom stereocenters. The zero-order valence-electron chi connectivity index (χ0n) is 10.5. The van der Waals surface area contributed by atoms with Crippen molar-refractivity contribution in [3.8, 4) is 0 Å². The second-order valence-electron chi connectivity index (χ2n) is 4.75. The van der Waals surface area contributed by atoms with E-state index < -0.39 is 0 Å². The Morgan fingerprint density at radius 1 is 1.53 bits per heavy atom. The molecule has 0 bridgehead atoms. The van der Waals surface area contributed by atoms with Crippen molar-refractivity contribution >= 4 is 27.3 Å². The van der Waals surface area contributed by atoms with Crippen molar-refractivity contribution < 1.29 is 0 Å². The van der Waals surface area contributed by atoms with E-state index in [0.717, 1.165) is 19.0 Å². The highest BCUT2D eigenvalue weighted by atomic mass is 79.9. The van der Waals surface area contributed by atoms with Crippen LogP contribution in [-0.2, 0) is 0 Å². The van der Waals surface area contributed by atoms with Gasteiger partial charge >= 0.3 is 0 Å². The van der Waals surface area contributed by atoms with Crippen LogP contribution in [0.5, 0.6) is 0 Å². The summed E-state index contributed by atoms with van der Waals surface area (Å²) >= 11 is 5.37. The van der Waals surface area contributed by atoms with Crippen molar-refractivity contribution in [1.82, 2.24) is 4.90 Å². The number of hydrogen-bond donors (Lipinski definition) is 1. The van der Waals surface area contributed by atoms with Gasteiger partial charge in [-0.1, -0.05) is 13.8 Å². The summed E-state index contributed by atoms with van der Waals surface area (Å²) in [6.07, 6.45) is 3.71. The summed E-state index contributed by atoms with van der Waals surface area (Å²) in [5.41, 5.74) is 6.35. The summed E-state index contributed by atoms with van der Waals surface area (Å²) in [7, 11) is 0. The summed E-state index contributed by atoms with van der Waals surface area (Å²) in [5, 5.41) is 2.16. The minimum atomic E-state index is 0.237. The van der Waals surface area contributed by atoms with Crippen molar-refractivity contribution in [2.75, 3.05) is 6.54 Å². The van der Waals surface area contributed by atoms with Crippen LogP contribution in [0.2, 0.25) is 0 Å². The number of nitrogens with zero attached hydrogens (tertiary/aromatic N) is 1. The Labute approximate surface area is 116 Å². The Morgan fingerprint density at radius 2 is 2.24 bits per heavy atom. The summed E-state index contributed by atoms with van der Waals surface area (Å²) in [4.78, 5) is 3.99. The molecule has 4 heteroatoms. The molecule has 0 amide bonds. The summed E-state index contributed by atoms with van der Waals surface area (Å²) in [5.74, 6) is 0. The van der Waals surface area contributed by atoms with Gasteiger partial charge in [0.1, 0.15) is 0 Å². The molecule has 0 saturated heterocycles. The van der Waals surface area contributed by atoms with Gasteiger partial charge in [0.2, 0.25) is 0 Å². The molecule has 0 aliphatic heterocycles. The van der Waals surface area contributed by atoms with Crippen molar-refractivity contribution in [1.29, 1.82) is 0 Å². The molecule has 0 radical (unpaired) electrons. The van der Waals surface area contributed by atoms with Gasteiger partial charge in [0, 0.05) is 26.8 Å². The Morgan fingerprint density at radius 3 is 2.65 bits per heavy atom. The first-order valence-corrected chi connectivity index (χ1v) is 8.09. The fraction of sp³-hybridized carbons (Fsp3) is 0.692. The van der Waals surface area contributed by atoms with E-state index in [1.165, 1.54) is 22.2 Å². The van der Waals surface area contributed by atoms with Gasteiger partial charge in [0.05, 0.1) is 6.04 Å². The van der Waals surface area contributed by atoms with Gasteiger partial charge in [-0.15, -0.1) is 11.3 Å². The van der Waals surface area contributed by atoms with Crippen molar-refractivity contribution in [3.05, 3.63) is 20.8 Å². The maximum absolute atomic E-state index is 6.35. The highest BCUT2D eigenvalue weighted by Gasteiger charge is 2.36. The van der Waals surface area contributed by atoms with Crippen LogP contribution >= 0.6 is 27.3 Å². The molecular formula is C13H21BrN2S. The molecule has 17 heavy (non-hydrogen) atoms. The Kier molecular flexibility index (Phi) is 4.64. The second kappa shape index (κ2) is 5.83. The Bertz CT molecular complexity index is 362. The SMILES string of the molecule is CCC(N)C(c1cc(Br)cs1)N(CC)C1CC1. The van der Waals surface area contributed by atoms with E-state index in [0.29, 0.717) is 6.04 Å². The highest BCUT2D eigenvalue weighted by Crippen LogP contribution is 2.38. The van der Waals surface area contributed by atoms with Gasteiger partial charge in [-0.25, -0.2) is 0 Å². The minimum absolute atomic E-state index is 0.237. The van der Waals surface area contributed by atoms with E-state index >= 15 is 0 Å². The molecule has 1 fully saturated rings. The molecule has 2 unspecified atom stereocenters.